The number of halogens is 1. The van der Waals surface area contributed by atoms with Gasteiger partial charge in [0.25, 0.3) is 0 Å². The second-order valence-electron chi connectivity index (χ2n) is 5.34. The van der Waals surface area contributed by atoms with Crippen molar-refractivity contribution in [3.8, 4) is 0 Å². The van der Waals surface area contributed by atoms with E-state index in [1.807, 2.05) is 13.8 Å². The summed E-state index contributed by atoms with van der Waals surface area (Å²) in [6, 6.07) is 0. The van der Waals surface area contributed by atoms with Gasteiger partial charge in [-0.2, -0.15) is 0 Å². The summed E-state index contributed by atoms with van der Waals surface area (Å²) in [5.41, 5.74) is 2.29. The van der Waals surface area contributed by atoms with Crippen LogP contribution in [0.3, 0.4) is 0 Å². The van der Waals surface area contributed by atoms with Crippen LogP contribution in [0.4, 0.5) is 5.82 Å². The van der Waals surface area contributed by atoms with E-state index < -0.39 is 0 Å². The van der Waals surface area contributed by atoms with Crippen LogP contribution in [-0.2, 0) is 0 Å². The summed E-state index contributed by atoms with van der Waals surface area (Å²) >= 11 is 5.96. The van der Waals surface area contributed by atoms with Crippen LogP contribution in [0.2, 0.25) is 5.15 Å². The molecule has 0 unspecified atom stereocenters. The first-order valence-corrected chi connectivity index (χ1v) is 6.67. The van der Waals surface area contributed by atoms with E-state index >= 15 is 0 Å². The normalized spacial score (nSPS) is 19.1. The summed E-state index contributed by atoms with van der Waals surface area (Å²) in [6.07, 6.45) is 6.35. The van der Waals surface area contributed by atoms with Crippen LogP contribution >= 0.6 is 11.6 Å². The topological polar surface area (TPSA) is 37.8 Å². The summed E-state index contributed by atoms with van der Waals surface area (Å²) in [4.78, 5) is 0. The Balaban J connectivity index is 2.21. The zero-order valence-corrected chi connectivity index (χ0v) is 11.6. The zero-order valence-electron chi connectivity index (χ0n) is 10.8. The van der Waals surface area contributed by atoms with Gasteiger partial charge in [0.2, 0.25) is 0 Å². The average molecular weight is 254 g/mol. The highest BCUT2D eigenvalue weighted by atomic mass is 35.5. The van der Waals surface area contributed by atoms with Crippen LogP contribution in [0, 0.1) is 13.8 Å². The van der Waals surface area contributed by atoms with Gasteiger partial charge in [0, 0.05) is 5.54 Å². The van der Waals surface area contributed by atoms with Crippen molar-refractivity contribution in [1.82, 2.24) is 10.2 Å². The molecule has 94 valence electrons. The lowest BCUT2D eigenvalue weighted by atomic mass is 9.83. The van der Waals surface area contributed by atoms with Crippen LogP contribution < -0.4 is 5.32 Å². The molecule has 3 nitrogen and oxygen atoms in total. The SMILES string of the molecule is Cc1c(Cl)nnc(NC2(C)CCCCC2)c1C. The van der Waals surface area contributed by atoms with Crippen molar-refractivity contribution in [2.75, 3.05) is 5.32 Å². The fourth-order valence-corrected chi connectivity index (χ4v) is 2.62. The maximum atomic E-state index is 5.96. The van der Waals surface area contributed by atoms with Gasteiger partial charge in [-0.1, -0.05) is 30.9 Å². The first-order chi connectivity index (χ1) is 8.02. The highest BCUT2D eigenvalue weighted by Gasteiger charge is 2.27. The zero-order chi connectivity index (χ0) is 12.5. The molecule has 0 bridgehead atoms. The Hall–Kier alpha value is -0.830. The summed E-state index contributed by atoms with van der Waals surface area (Å²) < 4.78 is 0. The molecule has 4 heteroatoms. The molecule has 1 N–H and O–H groups in total. The molecule has 0 amide bonds. The summed E-state index contributed by atoms with van der Waals surface area (Å²) in [5.74, 6) is 0.885. The van der Waals surface area contributed by atoms with E-state index in [4.69, 9.17) is 11.6 Å². The van der Waals surface area contributed by atoms with Crippen LogP contribution in [0.5, 0.6) is 0 Å². The summed E-state index contributed by atoms with van der Waals surface area (Å²) in [7, 11) is 0. The second-order valence-corrected chi connectivity index (χ2v) is 5.69. The van der Waals surface area contributed by atoms with Crippen LogP contribution in [0.25, 0.3) is 0 Å². The molecule has 1 saturated carbocycles. The van der Waals surface area contributed by atoms with Crippen molar-refractivity contribution in [3.05, 3.63) is 16.3 Å². The van der Waals surface area contributed by atoms with E-state index in [0.717, 1.165) is 16.9 Å². The van der Waals surface area contributed by atoms with E-state index in [9.17, 15) is 0 Å². The van der Waals surface area contributed by atoms with Crippen molar-refractivity contribution < 1.29 is 0 Å². The van der Waals surface area contributed by atoms with Gasteiger partial charge in [-0.25, -0.2) is 0 Å². The minimum atomic E-state index is 0.165. The number of nitrogens with one attached hydrogen (secondary N) is 1. The third-order valence-corrected chi connectivity index (χ3v) is 4.20. The van der Waals surface area contributed by atoms with E-state index in [0.29, 0.717) is 5.15 Å². The average Bonchev–Trinajstić information content (AvgIpc) is 2.31. The maximum Gasteiger partial charge on any atom is 0.155 e. The highest BCUT2D eigenvalue weighted by Crippen LogP contribution is 2.32. The standard InChI is InChI=1S/C13H20ClN3/c1-9-10(2)12(17-16-11(9)14)15-13(3)7-5-4-6-8-13/h4-8H2,1-3H3,(H,15,17). The van der Waals surface area contributed by atoms with Gasteiger partial charge in [0.1, 0.15) is 0 Å². The molecule has 0 saturated heterocycles. The molecule has 0 aliphatic heterocycles. The maximum absolute atomic E-state index is 5.96. The van der Waals surface area contributed by atoms with Crippen molar-refractivity contribution in [1.29, 1.82) is 0 Å². The number of anilines is 1. The van der Waals surface area contributed by atoms with Crippen molar-refractivity contribution in [3.63, 3.8) is 0 Å². The van der Waals surface area contributed by atoms with Gasteiger partial charge in [-0.3, -0.25) is 0 Å². The Morgan fingerprint density at radius 1 is 1.06 bits per heavy atom. The Bertz CT molecular complexity index is 411. The molecule has 1 heterocycles. The molecule has 0 radical (unpaired) electrons. The molecule has 1 aliphatic rings. The predicted octanol–water partition coefficient (Wildman–Crippen LogP) is 3.88. The lowest BCUT2D eigenvalue weighted by Gasteiger charge is -2.35. The molecular weight excluding hydrogens is 234 g/mol. The Kier molecular flexibility index (Phi) is 3.57. The fourth-order valence-electron chi connectivity index (χ4n) is 2.44. The molecule has 1 aromatic heterocycles. The van der Waals surface area contributed by atoms with Crippen LogP contribution in [-0.4, -0.2) is 15.7 Å². The Morgan fingerprint density at radius 3 is 2.35 bits per heavy atom. The molecule has 0 aromatic carbocycles. The molecule has 17 heavy (non-hydrogen) atoms. The van der Waals surface area contributed by atoms with Gasteiger partial charge in [-0.05, 0) is 44.7 Å². The van der Waals surface area contributed by atoms with Gasteiger partial charge in [0.15, 0.2) is 11.0 Å². The quantitative estimate of drug-likeness (QED) is 0.869. The Labute approximate surface area is 108 Å². The van der Waals surface area contributed by atoms with E-state index in [2.05, 4.69) is 22.4 Å². The van der Waals surface area contributed by atoms with Gasteiger partial charge >= 0.3 is 0 Å². The first kappa shape index (κ1) is 12.6. The second kappa shape index (κ2) is 4.81. The molecule has 1 aliphatic carbocycles. The minimum absolute atomic E-state index is 0.165. The van der Waals surface area contributed by atoms with Crippen LogP contribution in [0.1, 0.15) is 50.2 Å². The molecule has 0 spiro atoms. The molecule has 1 fully saturated rings. The monoisotopic (exact) mass is 253 g/mol. The predicted molar refractivity (Wildman–Crippen MR) is 71.6 cm³/mol. The van der Waals surface area contributed by atoms with Crippen molar-refractivity contribution in [2.24, 2.45) is 0 Å². The molecular formula is C13H20ClN3. The van der Waals surface area contributed by atoms with Gasteiger partial charge in [0.05, 0.1) is 0 Å². The van der Waals surface area contributed by atoms with E-state index in [-0.39, 0.29) is 5.54 Å². The fraction of sp³-hybridized carbons (Fsp3) is 0.692. The van der Waals surface area contributed by atoms with Crippen LogP contribution in [0.15, 0.2) is 0 Å². The third kappa shape index (κ3) is 2.71. The molecule has 1 aromatic rings. The number of rotatable bonds is 2. The van der Waals surface area contributed by atoms with Gasteiger partial charge in [-0.15, -0.1) is 10.2 Å². The minimum Gasteiger partial charge on any atom is -0.363 e. The smallest absolute Gasteiger partial charge is 0.155 e. The largest absolute Gasteiger partial charge is 0.363 e. The lowest BCUT2D eigenvalue weighted by molar-refractivity contribution is 0.348. The third-order valence-electron chi connectivity index (χ3n) is 3.84. The summed E-state index contributed by atoms with van der Waals surface area (Å²) in [6.45, 7) is 6.31. The number of hydrogen-bond donors (Lipinski definition) is 1. The lowest BCUT2D eigenvalue weighted by Crippen LogP contribution is -2.37. The number of aromatic nitrogens is 2. The number of hydrogen-bond acceptors (Lipinski definition) is 3. The van der Waals surface area contributed by atoms with Crippen molar-refractivity contribution in [2.45, 2.75) is 58.4 Å². The first-order valence-electron chi connectivity index (χ1n) is 6.29. The highest BCUT2D eigenvalue weighted by molar-refractivity contribution is 6.30. The summed E-state index contributed by atoms with van der Waals surface area (Å²) in [5, 5.41) is 12.2. The number of nitrogens with zero attached hydrogens (tertiary/aromatic N) is 2. The molecule has 2 rings (SSSR count). The van der Waals surface area contributed by atoms with Gasteiger partial charge < -0.3 is 5.32 Å². The van der Waals surface area contributed by atoms with E-state index in [1.54, 1.807) is 0 Å². The Morgan fingerprint density at radius 2 is 1.71 bits per heavy atom. The van der Waals surface area contributed by atoms with E-state index in [1.165, 1.54) is 32.1 Å². The molecule has 0 atom stereocenters. The van der Waals surface area contributed by atoms with Crippen molar-refractivity contribution >= 4 is 17.4 Å².